The van der Waals surface area contributed by atoms with Gasteiger partial charge >= 0.3 is 0 Å². The Morgan fingerprint density at radius 3 is 2.37 bits per heavy atom. The first-order chi connectivity index (χ1) is 9.10. The Morgan fingerprint density at radius 2 is 1.74 bits per heavy atom. The number of nitrogens with zero attached hydrogens (tertiary/aromatic N) is 4. The number of azo groups is 1. The van der Waals surface area contributed by atoms with Gasteiger partial charge < -0.3 is 17.2 Å². The predicted molar refractivity (Wildman–Crippen MR) is 75.3 cm³/mol. The maximum absolute atomic E-state index is 5.68. The van der Waals surface area contributed by atoms with E-state index in [4.69, 9.17) is 17.2 Å². The maximum Gasteiger partial charge on any atom is 0.224 e. The van der Waals surface area contributed by atoms with Crippen molar-refractivity contribution in [2.24, 2.45) is 10.2 Å². The maximum atomic E-state index is 5.68. The molecular weight excluding hydrogens is 242 g/mol. The highest BCUT2D eigenvalue weighted by molar-refractivity contribution is 5.71. The summed E-state index contributed by atoms with van der Waals surface area (Å²) in [5.74, 6) is 0.239. The second-order valence-electron chi connectivity index (χ2n) is 3.92. The summed E-state index contributed by atoms with van der Waals surface area (Å²) in [6.07, 6.45) is 0.929. The highest BCUT2D eigenvalue weighted by Crippen LogP contribution is 2.28. The SMILES string of the molecule is CCc1cccc(N=Nc2c(N)nc(N)nc2N)c1. The molecule has 0 amide bonds. The molecule has 0 fully saturated rings. The molecule has 1 aromatic carbocycles. The van der Waals surface area contributed by atoms with Crippen molar-refractivity contribution in [2.75, 3.05) is 17.2 Å². The molecule has 6 N–H and O–H groups in total. The highest BCUT2D eigenvalue weighted by atomic mass is 15.2. The molecule has 1 aromatic heterocycles. The van der Waals surface area contributed by atoms with E-state index in [0.29, 0.717) is 0 Å². The minimum atomic E-state index is 0.0157. The molecule has 0 radical (unpaired) electrons. The second-order valence-corrected chi connectivity index (χ2v) is 3.92. The van der Waals surface area contributed by atoms with Gasteiger partial charge in [-0.3, -0.25) is 0 Å². The minimum absolute atomic E-state index is 0.0157. The van der Waals surface area contributed by atoms with Crippen LogP contribution in [0.25, 0.3) is 0 Å². The summed E-state index contributed by atoms with van der Waals surface area (Å²) >= 11 is 0. The van der Waals surface area contributed by atoms with Gasteiger partial charge in [0.25, 0.3) is 0 Å². The molecular formula is C12H15N7. The average Bonchev–Trinajstić information content (AvgIpc) is 2.37. The zero-order valence-electron chi connectivity index (χ0n) is 10.5. The molecule has 7 nitrogen and oxygen atoms in total. The number of benzene rings is 1. The molecule has 1 heterocycles. The van der Waals surface area contributed by atoms with Crippen LogP contribution in [-0.2, 0) is 6.42 Å². The van der Waals surface area contributed by atoms with Gasteiger partial charge in [-0.15, -0.1) is 5.11 Å². The Bertz CT molecular complexity index is 598. The summed E-state index contributed by atoms with van der Waals surface area (Å²) in [6, 6.07) is 7.72. The van der Waals surface area contributed by atoms with Crippen LogP contribution < -0.4 is 17.2 Å². The van der Waals surface area contributed by atoms with Crippen molar-refractivity contribution in [3.05, 3.63) is 29.8 Å². The fourth-order valence-corrected chi connectivity index (χ4v) is 1.56. The van der Waals surface area contributed by atoms with Gasteiger partial charge in [-0.25, -0.2) is 0 Å². The third-order valence-corrected chi connectivity index (χ3v) is 2.54. The minimum Gasteiger partial charge on any atom is -0.382 e. The number of hydrogen-bond acceptors (Lipinski definition) is 7. The van der Waals surface area contributed by atoms with E-state index in [1.165, 1.54) is 5.56 Å². The van der Waals surface area contributed by atoms with Crippen molar-refractivity contribution in [1.82, 2.24) is 9.97 Å². The third kappa shape index (κ3) is 2.95. The smallest absolute Gasteiger partial charge is 0.224 e. The topological polar surface area (TPSA) is 129 Å². The van der Waals surface area contributed by atoms with E-state index in [1.54, 1.807) is 0 Å². The first-order valence-corrected chi connectivity index (χ1v) is 5.79. The normalized spacial score (nSPS) is 11.0. The zero-order chi connectivity index (χ0) is 13.8. The molecule has 0 aliphatic heterocycles. The van der Waals surface area contributed by atoms with E-state index in [1.807, 2.05) is 24.3 Å². The van der Waals surface area contributed by atoms with Gasteiger partial charge in [0.2, 0.25) is 5.95 Å². The quantitative estimate of drug-likeness (QED) is 0.726. The number of rotatable bonds is 3. The molecule has 0 saturated heterocycles. The number of nitrogens with two attached hydrogens (primary N) is 3. The molecule has 0 spiro atoms. The first-order valence-electron chi connectivity index (χ1n) is 5.79. The van der Waals surface area contributed by atoms with Crippen molar-refractivity contribution in [1.29, 1.82) is 0 Å². The Labute approximate surface area is 110 Å². The van der Waals surface area contributed by atoms with Gasteiger partial charge in [-0.1, -0.05) is 19.1 Å². The van der Waals surface area contributed by atoms with Crippen LogP contribution >= 0.6 is 0 Å². The molecule has 2 rings (SSSR count). The summed E-state index contributed by atoms with van der Waals surface area (Å²) in [6.45, 7) is 2.07. The van der Waals surface area contributed by atoms with E-state index in [0.717, 1.165) is 12.1 Å². The monoisotopic (exact) mass is 257 g/mol. The Balaban J connectivity index is 2.32. The van der Waals surface area contributed by atoms with E-state index in [-0.39, 0.29) is 23.3 Å². The van der Waals surface area contributed by atoms with Crippen molar-refractivity contribution in [3.63, 3.8) is 0 Å². The largest absolute Gasteiger partial charge is 0.382 e. The third-order valence-electron chi connectivity index (χ3n) is 2.54. The number of nitrogen functional groups attached to an aromatic ring is 3. The van der Waals surface area contributed by atoms with Crippen LogP contribution in [0.15, 0.2) is 34.5 Å². The molecule has 0 unspecified atom stereocenters. The first kappa shape index (κ1) is 12.7. The fourth-order valence-electron chi connectivity index (χ4n) is 1.56. The fraction of sp³-hybridized carbons (Fsp3) is 0.167. The van der Waals surface area contributed by atoms with Crippen LogP contribution in [-0.4, -0.2) is 9.97 Å². The van der Waals surface area contributed by atoms with E-state index in [2.05, 4.69) is 27.1 Å². The molecule has 7 heteroatoms. The van der Waals surface area contributed by atoms with Gasteiger partial charge in [-0.05, 0) is 24.1 Å². The summed E-state index contributed by atoms with van der Waals surface area (Å²) in [7, 11) is 0. The van der Waals surface area contributed by atoms with Crippen LogP contribution in [0, 0.1) is 0 Å². The van der Waals surface area contributed by atoms with Crippen LogP contribution in [0.5, 0.6) is 0 Å². The second kappa shape index (κ2) is 5.30. The summed E-state index contributed by atoms with van der Waals surface area (Å²) in [4.78, 5) is 7.58. The van der Waals surface area contributed by atoms with Crippen LogP contribution in [0.2, 0.25) is 0 Å². The molecule has 98 valence electrons. The van der Waals surface area contributed by atoms with Gasteiger partial charge in [0.05, 0.1) is 5.69 Å². The standard InChI is InChI=1S/C12H15N7/c1-2-7-4-3-5-8(6-7)18-19-9-10(13)16-12(15)17-11(9)14/h3-6H,2H2,1H3,(H6,13,14,15,16,17). The molecule has 19 heavy (non-hydrogen) atoms. The van der Waals surface area contributed by atoms with Crippen molar-refractivity contribution < 1.29 is 0 Å². The molecule has 0 aliphatic rings. The summed E-state index contributed by atoms with van der Waals surface area (Å²) in [5, 5.41) is 8.07. The lowest BCUT2D eigenvalue weighted by Crippen LogP contribution is -2.03. The van der Waals surface area contributed by atoms with Crippen molar-refractivity contribution >= 4 is 29.0 Å². The molecule has 0 atom stereocenters. The summed E-state index contributed by atoms with van der Waals surface area (Å²) < 4.78 is 0. The van der Waals surface area contributed by atoms with E-state index < -0.39 is 0 Å². The molecule has 2 aromatic rings. The number of aryl methyl sites for hydroxylation is 1. The number of aromatic nitrogens is 2. The van der Waals surface area contributed by atoms with Gasteiger partial charge in [0.1, 0.15) is 0 Å². The summed E-state index contributed by atoms with van der Waals surface area (Å²) in [5.41, 5.74) is 18.9. The van der Waals surface area contributed by atoms with E-state index >= 15 is 0 Å². The van der Waals surface area contributed by atoms with Crippen LogP contribution in [0.1, 0.15) is 12.5 Å². The number of hydrogen-bond donors (Lipinski definition) is 3. The number of anilines is 3. The van der Waals surface area contributed by atoms with Gasteiger partial charge in [0.15, 0.2) is 17.3 Å². The average molecular weight is 257 g/mol. The predicted octanol–water partition coefficient (Wildman–Crippen LogP) is 2.20. The zero-order valence-corrected chi connectivity index (χ0v) is 10.5. The highest BCUT2D eigenvalue weighted by Gasteiger charge is 2.07. The van der Waals surface area contributed by atoms with Gasteiger partial charge in [0, 0.05) is 0 Å². The van der Waals surface area contributed by atoms with Crippen molar-refractivity contribution in [3.8, 4) is 0 Å². The lowest BCUT2D eigenvalue weighted by Gasteiger charge is -2.02. The van der Waals surface area contributed by atoms with Crippen molar-refractivity contribution in [2.45, 2.75) is 13.3 Å². The molecule has 0 bridgehead atoms. The molecule has 0 aliphatic carbocycles. The Kier molecular flexibility index (Phi) is 3.56. The lowest BCUT2D eigenvalue weighted by atomic mass is 10.1. The van der Waals surface area contributed by atoms with Crippen LogP contribution in [0.4, 0.5) is 29.0 Å². The van der Waals surface area contributed by atoms with Crippen LogP contribution in [0.3, 0.4) is 0 Å². The Morgan fingerprint density at radius 1 is 1.05 bits per heavy atom. The van der Waals surface area contributed by atoms with Gasteiger partial charge in [-0.2, -0.15) is 15.1 Å². The molecule has 0 saturated carbocycles. The Hall–Kier alpha value is -2.70. The van der Waals surface area contributed by atoms with E-state index in [9.17, 15) is 0 Å². The lowest BCUT2D eigenvalue weighted by molar-refractivity contribution is 1.12.